The van der Waals surface area contributed by atoms with Gasteiger partial charge in [0, 0.05) is 5.39 Å². The van der Waals surface area contributed by atoms with E-state index in [0.717, 1.165) is 41.9 Å². The zero-order valence-electron chi connectivity index (χ0n) is 12.3. The zero-order valence-corrected chi connectivity index (χ0v) is 12.3. The van der Waals surface area contributed by atoms with Gasteiger partial charge in [0.05, 0.1) is 22.6 Å². The summed E-state index contributed by atoms with van der Waals surface area (Å²) in [4.78, 5) is 4.84. The monoisotopic (exact) mass is 287 g/mol. The number of pyridine rings is 1. The van der Waals surface area contributed by atoms with Crippen LogP contribution >= 0.6 is 0 Å². The molecule has 1 aliphatic rings. The molecule has 22 heavy (non-hydrogen) atoms. The zero-order chi connectivity index (χ0) is 14.8. The largest absolute Gasteiger partial charge is 0.278 e. The number of nitrogens with zero attached hydrogens (tertiary/aromatic N) is 2. The summed E-state index contributed by atoms with van der Waals surface area (Å²) in [5, 5.41) is 5.81. The summed E-state index contributed by atoms with van der Waals surface area (Å²) < 4.78 is 0. The highest BCUT2D eigenvalue weighted by molar-refractivity contribution is 6.03. The van der Waals surface area contributed by atoms with Gasteiger partial charge in [-0.2, -0.15) is 5.10 Å². The van der Waals surface area contributed by atoms with Gasteiger partial charge in [0.1, 0.15) is 0 Å². The van der Waals surface area contributed by atoms with Gasteiger partial charge in [-0.25, -0.2) is 4.98 Å². The van der Waals surface area contributed by atoms with Gasteiger partial charge < -0.3 is 0 Å². The van der Waals surface area contributed by atoms with Gasteiger partial charge in [-0.15, -0.1) is 0 Å². The Hall–Kier alpha value is -2.68. The smallest absolute Gasteiger partial charge is 0.0902 e. The molecule has 3 aromatic rings. The molecule has 0 fully saturated rings. The summed E-state index contributed by atoms with van der Waals surface area (Å²) >= 11 is 0. The molecule has 0 radical (unpaired) electrons. The molecular weight excluding hydrogens is 270 g/mol. The summed E-state index contributed by atoms with van der Waals surface area (Å²) in [5.74, 6) is 0. The summed E-state index contributed by atoms with van der Waals surface area (Å²) in [6.07, 6.45) is 3.18. The first-order chi connectivity index (χ1) is 10.9. The van der Waals surface area contributed by atoms with E-state index in [4.69, 9.17) is 4.98 Å². The van der Waals surface area contributed by atoms with Gasteiger partial charge >= 0.3 is 0 Å². The average Bonchev–Trinajstić information content (AvgIpc) is 2.59. The molecular formula is C19H17N3. The summed E-state index contributed by atoms with van der Waals surface area (Å²) in [6, 6.07) is 20.6. The van der Waals surface area contributed by atoms with E-state index < -0.39 is 0 Å². The Morgan fingerprint density at radius 1 is 0.909 bits per heavy atom. The number of para-hydroxylation sites is 2. The topological polar surface area (TPSA) is 37.3 Å². The van der Waals surface area contributed by atoms with Gasteiger partial charge in [-0.05, 0) is 49.1 Å². The first-order valence-corrected chi connectivity index (χ1v) is 7.67. The number of nitrogens with one attached hydrogen (secondary N) is 1. The maximum atomic E-state index is 4.84. The number of anilines is 1. The van der Waals surface area contributed by atoms with E-state index in [9.17, 15) is 0 Å². The van der Waals surface area contributed by atoms with Crippen LogP contribution in [0.1, 0.15) is 24.1 Å². The number of hydrazone groups is 1. The van der Waals surface area contributed by atoms with Crippen molar-refractivity contribution in [3.8, 4) is 0 Å². The van der Waals surface area contributed by atoms with Gasteiger partial charge in [0.2, 0.25) is 0 Å². The number of fused-ring (bicyclic) bond motifs is 2. The van der Waals surface area contributed by atoms with Crippen LogP contribution in [-0.4, -0.2) is 10.7 Å². The maximum Gasteiger partial charge on any atom is 0.0902 e. The first kappa shape index (κ1) is 13.0. The molecule has 0 aliphatic heterocycles. The normalized spacial score (nSPS) is 15.7. The van der Waals surface area contributed by atoms with Crippen LogP contribution in [0, 0.1) is 0 Å². The number of aromatic nitrogens is 1. The van der Waals surface area contributed by atoms with Crippen LogP contribution in [0.25, 0.3) is 10.9 Å². The third kappa shape index (κ3) is 2.46. The highest BCUT2D eigenvalue weighted by atomic mass is 15.3. The van der Waals surface area contributed by atoms with Crippen LogP contribution in [-0.2, 0) is 6.42 Å². The first-order valence-electron chi connectivity index (χ1n) is 7.67. The lowest BCUT2D eigenvalue weighted by Crippen LogP contribution is -2.15. The number of hydrogen-bond acceptors (Lipinski definition) is 3. The molecule has 4 rings (SSSR count). The minimum atomic E-state index is 0.970. The molecule has 3 heteroatoms. The molecule has 108 valence electrons. The van der Waals surface area contributed by atoms with Crippen molar-refractivity contribution in [3.63, 3.8) is 0 Å². The number of aryl methyl sites for hydroxylation is 1. The minimum absolute atomic E-state index is 0.970. The highest BCUT2D eigenvalue weighted by Gasteiger charge is 2.18. The molecule has 2 aromatic carbocycles. The number of rotatable bonds is 2. The second kappa shape index (κ2) is 5.60. The molecule has 0 saturated heterocycles. The molecule has 1 aliphatic carbocycles. The van der Waals surface area contributed by atoms with Crippen LogP contribution in [0.5, 0.6) is 0 Å². The Labute approximate surface area is 129 Å². The van der Waals surface area contributed by atoms with E-state index in [-0.39, 0.29) is 0 Å². The quantitative estimate of drug-likeness (QED) is 0.710. The molecule has 1 N–H and O–H groups in total. The molecule has 0 atom stereocenters. The average molecular weight is 287 g/mol. The molecule has 0 saturated carbocycles. The van der Waals surface area contributed by atoms with Crippen molar-refractivity contribution in [3.05, 3.63) is 71.9 Å². The van der Waals surface area contributed by atoms with Gasteiger partial charge in [-0.3, -0.25) is 5.43 Å². The molecule has 0 amide bonds. The van der Waals surface area contributed by atoms with Crippen molar-refractivity contribution < 1.29 is 0 Å². The van der Waals surface area contributed by atoms with Gasteiger partial charge in [0.25, 0.3) is 0 Å². The Balaban J connectivity index is 1.73. The Bertz CT molecular complexity index is 838. The van der Waals surface area contributed by atoms with Crippen LogP contribution in [0.15, 0.2) is 65.8 Å². The van der Waals surface area contributed by atoms with Crippen molar-refractivity contribution in [2.24, 2.45) is 5.10 Å². The summed E-state index contributed by atoms with van der Waals surface area (Å²) in [7, 11) is 0. The van der Waals surface area contributed by atoms with Crippen molar-refractivity contribution in [1.29, 1.82) is 0 Å². The second-order valence-electron chi connectivity index (χ2n) is 5.58. The fourth-order valence-corrected chi connectivity index (χ4v) is 2.92. The van der Waals surface area contributed by atoms with Crippen molar-refractivity contribution in [1.82, 2.24) is 4.98 Å². The predicted octanol–water partition coefficient (Wildman–Crippen LogP) is 4.39. The lowest BCUT2D eigenvalue weighted by Gasteiger charge is -2.18. The van der Waals surface area contributed by atoms with Crippen molar-refractivity contribution in [2.45, 2.75) is 19.3 Å². The number of hydrogen-bond donors (Lipinski definition) is 1. The van der Waals surface area contributed by atoms with E-state index >= 15 is 0 Å². The lowest BCUT2D eigenvalue weighted by atomic mass is 9.93. The Morgan fingerprint density at radius 2 is 1.73 bits per heavy atom. The number of benzene rings is 2. The van der Waals surface area contributed by atoms with Gasteiger partial charge in [-0.1, -0.05) is 36.4 Å². The highest BCUT2D eigenvalue weighted by Crippen LogP contribution is 2.24. The second-order valence-corrected chi connectivity index (χ2v) is 5.58. The summed E-state index contributed by atoms with van der Waals surface area (Å²) in [6.45, 7) is 0. The van der Waals surface area contributed by atoms with E-state index in [0.29, 0.717) is 0 Å². The predicted molar refractivity (Wildman–Crippen MR) is 91.3 cm³/mol. The Morgan fingerprint density at radius 3 is 2.64 bits per heavy atom. The van der Waals surface area contributed by atoms with Gasteiger partial charge in [0.15, 0.2) is 0 Å². The van der Waals surface area contributed by atoms with Crippen LogP contribution in [0.3, 0.4) is 0 Å². The molecule has 0 bridgehead atoms. The SMILES string of the molecule is c1ccc(NN=C2CCCc3cc4ccccc4nc32)cc1. The van der Waals surface area contributed by atoms with Crippen molar-refractivity contribution in [2.75, 3.05) is 5.43 Å². The molecule has 3 nitrogen and oxygen atoms in total. The molecule has 0 unspecified atom stereocenters. The summed E-state index contributed by atoms with van der Waals surface area (Å²) in [5.41, 5.74) is 8.60. The lowest BCUT2D eigenvalue weighted by molar-refractivity contribution is 0.828. The molecule has 0 spiro atoms. The maximum absolute atomic E-state index is 4.84. The van der Waals surface area contributed by atoms with Crippen LogP contribution in [0.4, 0.5) is 5.69 Å². The third-order valence-electron chi connectivity index (χ3n) is 4.03. The third-order valence-corrected chi connectivity index (χ3v) is 4.03. The standard InChI is InChI=1S/C19H17N3/c1-2-9-16(10-3-1)21-22-18-12-6-8-15-13-14-7-4-5-11-17(14)20-19(15)18/h1-5,7,9-11,13,21H,6,8,12H2. The minimum Gasteiger partial charge on any atom is -0.278 e. The molecule has 1 heterocycles. The Kier molecular flexibility index (Phi) is 3.31. The fraction of sp³-hybridized carbons (Fsp3) is 0.158. The van der Waals surface area contributed by atoms with Crippen molar-refractivity contribution >= 4 is 22.3 Å². The molecule has 1 aromatic heterocycles. The van der Waals surface area contributed by atoms with E-state index in [2.05, 4.69) is 34.8 Å². The van der Waals surface area contributed by atoms with E-state index in [1.54, 1.807) is 0 Å². The van der Waals surface area contributed by atoms with E-state index in [1.165, 1.54) is 10.9 Å². The van der Waals surface area contributed by atoms with E-state index in [1.807, 2.05) is 36.4 Å². The van der Waals surface area contributed by atoms with Crippen LogP contribution in [0.2, 0.25) is 0 Å². The fourth-order valence-electron chi connectivity index (χ4n) is 2.92. The van der Waals surface area contributed by atoms with Crippen LogP contribution < -0.4 is 5.43 Å².